The lowest BCUT2D eigenvalue weighted by molar-refractivity contribution is -0.153. The molecule has 202 valence electrons. The van der Waals surface area contributed by atoms with Gasteiger partial charge in [0.1, 0.15) is 29.2 Å². The van der Waals surface area contributed by atoms with Gasteiger partial charge in [0.25, 0.3) is 0 Å². The van der Waals surface area contributed by atoms with Gasteiger partial charge < -0.3 is 24.1 Å². The van der Waals surface area contributed by atoms with Crippen molar-refractivity contribution in [1.29, 1.82) is 0 Å². The van der Waals surface area contributed by atoms with E-state index < -0.39 is 47.1 Å². The molecule has 38 heavy (non-hydrogen) atoms. The molecule has 0 bridgehead atoms. The number of ether oxygens (including phenoxy) is 4. The summed E-state index contributed by atoms with van der Waals surface area (Å²) in [5.74, 6) is -4.41. The van der Waals surface area contributed by atoms with Gasteiger partial charge in [0.05, 0.1) is 33.2 Å². The summed E-state index contributed by atoms with van der Waals surface area (Å²) < 4.78 is 51.1. The van der Waals surface area contributed by atoms with E-state index in [1.165, 1.54) is 83.8 Å². The number of carbonyl (C=O) groups excluding carboxylic acids is 2. The monoisotopic (exact) mass is 529 g/mol. The van der Waals surface area contributed by atoms with Crippen molar-refractivity contribution in [1.82, 2.24) is 4.98 Å². The minimum atomic E-state index is -1.07. The number of nitrogens with zero attached hydrogens (tertiary/aromatic N) is 1. The second kappa shape index (κ2) is 12.4. The first-order chi connectivity index (χ1) is 18.1. The molecular weight excluding hydrogens is 500 g/mol. The molecule has 1 aromatic heterocycles. The topological polar surface area (TPSA) is 104 Å². The Labute approximate surface area is 219 Å². The maximum absolute atomic E-state index is 15.0. The number of halogens is 2. The maximum Gasteiger partial charge on any atom is 0.309 e. The average molecular weight is 530 g/mol. The fourth-order valence-corrected chi connectivity index (χ4v) is 4.08. The van der Waals surface area contributed by atoms with E-state index in [4.69, 9.17) is 18.9 Å². The Hall–Kier alpha value is -4.21. The molecule has 2 aromatic carbocycles. The lowest BCUT2D eigenvalue weighted by Crippen LogP contribution is -2.29. The van der Waals surface area contributed by atoms with E-state index in [-0.39, 0.29) is 29.0 Å². The summed E-state index contributed by atoms with van der Waals surface area (Å²) in [5, 5.41) is 10.2. The van der Waals surface area contributed by atoms with Crippen LogP contribution < -0.4 is 14.2 Å². The molecule has 3 rings (SSSR count). The molecule has 1 N–H and O–H groups in total. The van der Waals surface area contributed by atoms with Gasteiger partial charge in [0, 0.05) is 29.8 Å². The summed E-state index contributed by atoms with van der Waals surface area (Å²) >= 11 is 0. The predicted molar refractivity (Wildman–Crippen MR) is 134 cm³/mol. The number of hydrogen-bond acceptors (Lipinski definition) is 8. The van der Waals surface area contributed by atoms with Gasteiger partial charge in [-0.15, -0.1) is 0 Å². The van der Waals surface area contributed by atoms with Crippen LogP contribution in [0.1, 0.15) is 47.8 Å². The van der Waals surface area contributed by atoms with Gasteiger partial charge in [-0.1, -0.05) is 6.92 Å². The molecule has 0 saturated carbocycles. The van der Waals surface area contributed by atoms with Crippen molar-refractivity contribution in [2.75, 3.05) is 21.3 Å². The van der Waals surface area contributed by atoms with Crippen molar-refractivity contribution in [3.05, 3.63) is 77.1 Å². The molecule has 8 nitrogen and oxygen atoms in total. The van der Waals surface area contributed by atoms with Crippen LogP contribution in [0.3, 0.4) is 0 Å². The lowest BCUT2D eigenvalue weighted by Gasteiger charge is -2.27. The number of benzene rings is 2. The number of pyridine rings is 1. The summed E-state index contributed by atoms with van der Waals surface area (Å²) in [4.78, 5) is 29.6. The van der Waals surface area contributed by atoms with Crippen LogP contribution in [0.4, 0.5) is 8.78 Å². The Kier molecular flexibility index (Phi) is 9.22. The molecule has 0 amide bonds. The number of hydrogen-bond donors (Lipinski definition) is 1. The van der Waals surface area contributed by atoms with Crippen molar-refractivity contribution >= 4 is 11.8 Å². The fraction of sp³-hybridized carbons (Fsp3) is 0.321. The molecule has 0 aliphatic heterocycles. The third kappa shape index (κ3) is 6.19. The Morgan fingerprint density at radius 2 is 1.45 bits per heavy atom. The second-order valence-electron chi connectivity index (χ2n) is 8.63. The Bertz CT molecular complexity index is 1260. The van der Waals surface area contributed by atoms with Crippen LogP contribution in [0.15, 0.2) is 48.7 Å². The number of esters is 1. The molecule has 1 heterocycles. The van der Waals surface area contributed by atoms with Crippen molar-refractivity contribution < 1.29 is 42.4 Å². The highest BCUT2D eigenvalue weighted by atomic mass is 19.1. The van der Waals surface area contributed by atoms with E-state index in [1.54, 1.807) is 0 Å². The van der Waals surface area contributed by atoms with Gasteiger partial charge in [0.15, 0.2) is 23.0 Å². The largest absolute Gasteiger partial charge is 0.503 e. The van der Waals surface area contributed by atoms with E-state index >= 15 is 8.78 Å². The summed E-state index contributed by atoms with van der Waals surface area (Å²) in [6.45, 7) is 2.97. The van der Waals surface area contributed by atoms with Crippen LogP contribution >= 0.6 is 0 Å². The first-order valence-corrected chi connectivity index (χ1v) is 11.7. The number of aromatic nitrogens is 1. The highest BCUT2D eigenvalue weighted by molar-refractivity contribution is 5.99. The molecule has 10 heteroatoms. The maximum atomic E-state index is 15.0. The SMILES string of the molecule is COc1ccc(F)c(C(c2cc(OC)ccc2F)[C@H](C)OC(=O)[C@H](C)CC(=O)c2nccc(OC)c2O)c1. The van der Waals surface area contributed by atoms with E-state index in [1.807, 2.05) is 0 Å². The van der Waals surface area contributed by atoms with Gasteiger partial charge in [-0.25, -0.2) is 13.8 Å². The van der Waals surface area contributed by atoms with E-state index in [0.717, 1.165) is 0 Å². The predicted octanol–water partition coefficient (Wildman–Crippen LogP) is 5.06. The number of carbonyl (C=O) groups is 2. The third-order valence-corrected chi connectivity index (χ3v) is 6.11. The van der Waals surface area contributed by atoms with Gasteiger partial charge in [-0.2, -0.15) is 0 Å². The number of Topliss-reactive ketones (excluding diaryl/α,β-unsaturated/α-hetero) is 1. The van der Waals surface area contributed by atoms with E-state index in [0.29, 0.717) is 11.5 Å². The number of rotatable bonds is 11. The molecule has 0 unspecified atom stereocenters. The summed E-state index contributed by atoms with van der Waals surface area (Å²) in [5.41, 5.74) is -0.149. The smallest absolute Gasteiger partial charge is 0.309 e. The Morgan fingerprint density at radius 1 is 0.895 bits per heavy atom. The summed E-state index contributed by atoms with van der Waals surface area (Å²) in [6.07, 6.45) is -0.0933. The molecule has 2 atom stereocenters. The number of ketones is 1. The first-order valence-electron chi connectivity index (χ1n) is 11.7. The van der Waals surface area contributed by atoms with Gasteiger partial charge in [-0.3, -0.25) is 9.59 Å². The van der Waals surface area contributed by atoms with Crippen molar-refractivity contribution in [2.45, 2.75) is 32.3 Å². The molecule has 0 fully saturated rings. The molecule has 0 saturated heterocycles. The molecule has 0 spiro atoms. The standard InChI is InChI=1S/C28H29F2NO7/c1-15(12-23(32)26-27(33)24(37-5)10-11-31-26)28(34)38-16(2)25(19-13-17(35-3)6-8-21(19)29)20-14-18(36-4)7-9-22(20)30/h6-11,13-16,25,33H,12H2,1-5H3/t15-,16+/m1/s1. The highest BCUT2D eigenvalue weighted by Gasteiger charge is 2.32. The Balaban J connectivity index is 1.89. The van der Waals surface area contributed by atoms with Crippen LogP contribution in [-0.4, -0.2) is 49.3 Å². The average Bonchev–Trinajstić information content (AvgIpc) is 2.90. The van der Waals surface area contributed by atoms with Crippen LogP contribution in [0.2, 0.25) is 0 Å². The highest BCUT2D eigenvalue weighted by Crippen LogP contribution is 2.37. The third-order valence-electron chi connectivity index (χ3n) is 6.11. The fourth-order valence-electron chi connectivity index (χ4n) is 4.08. The molecule has 0 aliphatic carbocycles. The van der Waals surface area contributed by atoms with Gasteiger partial charge in [-0.05, 0) is 43.3 Å². The van der Waals surface area contributed by atoms with Crippen molar-refractivity contribution in [2.24, 2.45) is 5.92 Å². The van der Waals surface area contributed by atoms with E-state index in [9.17, 15) is 14.7 Å². The minimum Gasteiger partial charge on any atom is -0.503 e. The first kappa shape index (κ1) is 28.4. The normalized spacial score (nSPS) is 12.5. The second-order valence-corrected chi connectivity index (χ2v) is 8.63. The summed E-state index contributed by atoms with van der Waals surface area (Å²) in [6, 6.07) is 9.42. The minimum absolute atomic E-state index is 0.0473. The van der Waals surface area contributed by atoms with Crippen LogP contribution in [-0.2, 0) is 9.53 Å². The van der Waals surface area contributed by atoms with Crippen molar-refractivity contribution in [3.63, 3.8) is 0 Å². The van der Waals surface area contributed by atoms with Gasteiger partial charge in [0.2, 0.25) is 0 Å². The number of methoxy groups -OCH3 is 3. The zero-order chi connectivity index (χ0) is 28.0. The quantitative estimate of drug-likeness (QED) is 0.271. The van der Waals surface area contributed by atoms with Crippen LogP contribution in [0, 0.1) is 17.6 Å². The van der Waals surface area contributed by atoms with Crippen LogP contribution in [0.5, 0.6) is 23.0 Å². The molecule has 0 aliphatic rings. The zero-order valence-corrected chi connectivity index (χ0v) is 21.7. The molecule has 0 radical (unpaired) electrons. The summed E-state index contributed by atoms with van der Waals surface area (Å²) in [7, 11) is 4.15. The van der Waals surface area contributed by atoms with Gasteiger partial charge >= 0.3 is 5.97 Å². The molecule has 3 aromatic rings. The van der Waals surface area contributed by atoms with E-state index in [2.05, 4.69) is 4.98 Å². The van der Waals surface area contributed by atoms with Crippen molar-refractivity contribution in [3.8, 4) is 23.0 Å². The lowest BCUT2D eigenvalue weighted by atomic mass is 9.86. The molecular formula is C28H29F2NO7. The van der Waals surface area contributed by atoms with Crippen LogP contribution in [0.25, 0.3) is 0 Å². The Morgan fingerprint density at radius 3 is 1.95 bits per heavy atom. The zero-order valence-electron chi connectivity index (χ0n) is 21.7. The number of aromatic hydroxyl groups is 1.